The molecule has 154 valence electrons. The number of pyridine rings is 1. The van der Waals surface area contributed by atoms with E-state index in [4.69, 9.17) is 4.74 Å². The SMILES string of the molecule is COc1cnc(C)cc1C(=O)NC1CCC(C(=O)NCc2ccccc2F)CC1. The highest BCUT2D eigenvalue weighted by Crippen LogP contribution is 2.26. The number of hydrogen-bond acceptors (Lipinski definition) is 4. The van der Waals surface area contributed by atoms with Crippen LogP contribution in [0, 0.1) is 18.7 Å². The summed E-state index contributed by atoms with van der Waals surface area (Å²) in [6, 6.07) is 8.13. The van der Waals surface area contributed by atoms with Crippen molar-refractivity contribution in [3.63, 3.8) is 0 Å². The topological polar surface area (TPSA) is 80.3 Å². The number of hydrogen-bond donors (Lipinski definition) is 2. The first-order chi connectivity index (χ1) is 14.0. The average molecular weight is 399 g/mol. The summed E-state index contributed by atoms with van der Waals surface area (Å²) in [5.41, 5.74) is 1.68. The zero-order chi connectivity index (χ0) is 20.8. The van der Waals surface area contributed by atoms with Gasteiger partial charge in [0.25, 0.3) is 5.91 Å². The second-order valence-corrected chi connectivity index (χ2v) is 7.36. The minimum absolute atomic E-state index is 0.0105. The van der Waals surface area contributed by atoms with E-state index < -0.39 is 0 Å². The molecule has 0 atom stereocenters. The Balaban J connectivity index is 1.49. The van der Waals surface area contributed by atoms with Crippen LogP contribution in [0.3, 0.4) is 0 Å². The van der Waals surface area contributed by atoms with Gasteiger partial charge in [0.05, 0.1) is 18.9 Å². The number of ether oxygens (including phenoxy) is 1. The maximum absolute atomic E-state index is 13.7. The third-order valence-electron chi connectivity index (χ3n) is 5.31. The van der Waals surface area contributed by atoms with Crippen molar-refractivity contribution in [2.45, 2.75) is 45.2 Å². The smallest absolute Gasteiger partial charge is 0.255 e. The molecule has 7 heteroatoms. The molecule has 2 aromatic rings. The number of halogens is 1. The van der Waals surface area contributed by atoms with E-state index in [0.717, 1.165) is 18.5 Å². The molecule has 1 aromatic heterocycles. The number of carbonyl (C=O) groups excluding carboxylic acids is 2. The van der Waals surface area contributed by atoms with Crippen LogP contribution in [0.2, 0.25) is 0 Å². The third-order valence-corrected chi connectivity index (χ3v) is 5.31. The number of carbonyl (C=O) groups is 2. The van der Waals surface area contributed by atoms with E-state index in [1.165, 1.54) is 13.2 Å². The Morgan fingerprint density at radius 3 is 2.62 bits per heavy atom. The highest BCUT2D eigenvalue weighted by atomic mass is 19.1. The van der Waals surface area contributed by atoms with Gasteiger partial charge in [-0.15, -0.1) is 0 Å². The molecule has 0 saturated heterocycles. The summed E-state index contributed by atoms with van der Waals surface area (Å²) in [6.45, 7) is 2.00. The molecule has 1 aliphatic carbocycles. The molecule has 0 bridgehead atoms. The summed E-state index contributed by atoms with van der Waals surface area (Å²) >= 11 is 0. The number of aryl methyl sites for hydroxylation is 1. The fourth-order valence-electron chi connectivity index (χ4n) is 3.62. The second kappa shape index (κ2) is 9.49. The van der Waals surface area contributed by atoms with Crippen LogP contribution in [0.25, 0.3) is 0 Å². The van der Waals surface area contributed by atoms with Gasteiger partial charge in [0.15, 0.2) is 0 Å². The zero-order valence-electron chi connectivity index (χ0n) is 16.7. The van der Waals surface area contributed by atoms with E-state index >= 15 is 0 Å². The van der Waals surface area contributed by atoms with Crippen molar-refractivity contribution in [2.24, 2.45) is 5.92 Å². The van der Waals surface area contributed by atoms with Gasteiger partial charge in [-0.1, -0.05) is 18.2 Å². The van der Waals surface area contributed by atoms with E-state index in [1.54, 1.807) is 30.5 Å². The molecule has 1 fully saturated rings. The highest BCUT2D eigenvalue weighted by molar-refractivity contribution is 5.97. The lowest BCUT2D eigenvalue weighted by Crippen LogP contribution is -2.41. The average Bonchev–Trinajstić information content (AvgIpc) is 2.73. The van der Waals surface area contributed by atoms with Crippen molar-refractivity contribution in [3.05, 3.63) is 59.2 Å². The monoisotopic (exact) mass is 399 g/mol. The first kappa shape index (κ1) is 20.8. The molecule has 1 saturated carbocycles. The number of nitrogens with one attached hydrogen (secondary N) is 2. The van der Waals surface area contributed by atoms with Crippen LogP contribution >= 0.6 is 0 Å². The first-order valence-electron chi connectivity index (χ1n) is 9.80. The van der Waals surface area contributed by atoms with E-state index in [-0.39, 0.29) is 36.1 Å². The number of nitrogens with zero attached hydrogens (tertiary/aromatic N) is 1. The molecule has 29 heavy (non-hydrogen) atoms. The number of aromatic nitrogens is 1. The summed E-state index contributed by atoms with van der Waals surface area (Å²) in [5, 5.41) is 5.86. The Morgan fingerprint density at radius 1 is 1.21 bits per heavy atom. The van der Waals surface area contributed by atoms with Crippen LogP contribution < -0.4 is 15.4 Å². The molecule has 1 aromatic carbocycles. The molecule has 2 N–H and O–H groups in total. The Labute approximate surface area is 169 Å². The van der Waals surface area contributed by atoms with Gasteiger partial charge in [-0.3, -0.25) is 14.6 Å². The van der Waals surface area contributed by atoms with Gasteiger partial charge in [0.1, 0.15) is 11.6 Å². The Bertz CT molecular complexity index is 879. The molecule has 0 spiro atoms. The summed E-state index contributed by atoms with van der Waals surface area (Å²) in [5.74, 6) is -0.257. The molecule has 0 unspecified atom stereocenters. The predicted octanol–water partition coefficient (Wildman–Crippen LogP) is 3.14. The molecule has 1 heterocycles. The van der Waals surface area contributed by atoms with Crippen LogP contribution in [-0.2, 0) is 11.3 Å². The Kier molecular flexibility index (Phi) is 6.80. The van der Waals surface area contributed by atoms with E-state index in [9.17, 15) is 14.0 Å². The fraction of sp³-hybridized carbons (Fsp3) is 0.409. The van der Waals surface area contributed by atoms with E-state index in [2.05, 4.69) is 15.6 Å². The normalized spacial score (nSPS) is 18.7. The third kappa shape index (κ3) is 5.31. The molecular weight excluding hydrogens is 373 g/mol. The largest absolute Gasteiger partial charge is 0.494 e. The molecule has 0 radical (unpaired) electrons. The van der Waals surface area contributed by atoms with Crippen molar-refractivity contribution < 1.29 is 18.7 Å². The van der Waals surface area contributed by atoms with Gasteiger partial charge in [-0.2, -0.15) is 0 Å². The van der Waals surface area contributed by atoms with E-state index in [0.29, 0.717) is 29.7 Å². The van der Waals surface area contributed by atoms with Gasteiger partial charge in [-0.25, -0.2) is 4.39 Å². The minimum Gasteiger partial charge on any atom is -0.494 e. The predicted molar refractivity (Wildman–Crippen MR) is 107 cm³/mol. The quantitative estimate of drug-likeness (QED) is 0.782. The van der Waals surface area contributed by atoms with Gasteiger partial charge in [-0.05, 0) is 44.7 Å². The molecule has 2 amide bonds. The lowest BCUT2D eigenvalue weighted by Gasteiger charge is -2.28. The molecule has 0 aliphatic heterocycles. The van der Waals surface area contributed by atoms with Crippen molar-refractivity contribution >= 4 is 11.8 Å². The van der Waals surface area contributed by atoms with Crippen LogP contribution in [0.15, 0.2) is 36.5 Å². The number of rotatable bonds is 6. The maximum Gasteiger partial charge on any atom is 0.255 e. The first-order valence-corrected chi connectivity index (χ1v) is 9.80. The maximum atomic E-state index is 13.7. The number of amides is 2. The zero-order valence-corrected chi connectivity index (χ0v) is 16.7. The molecule has 6 nitrogen and oxygen atoms in total. The lowest BCUT2D eigenvalue weighted by molar-refractivity contribution is -0.126. The van der Waals surface area contributed by atoms with Crippen LogP contribution in [0.1, 0.15) is 47.3 Å². The summed E-state index contributed by atoms with van der Waals surface area (Å²) in [6.07, 6.45) is 4.34. The van der Waals surface area contributed by atoms with Gasteiger partial charge in [0.2, 0.25) is 5.91 Å². The Morgan fingerprint density at radius 2 is 1.93 bits per heavy atom. The molecular formula is C22H26FN3O3. The second-order valence-electron chi connectivity index (χ2n) is 7.36. The fourth-order valence-corrected chi connectivity index (χ4v) is 3.62. The summed E-state index contributed by atoms with van der Waals surface area (Å²) in [4.78, 5) is 29.2. The number of benzene rings is 1. The summed E-state index contributed by atoms with van der Waals surface area (Å²) < 4.78 is 18.9. The minimum atomic E-state index is -0.319. The van der Waals surface area contributed by atoms with Crippen molar-refractivity contribution in [1.82, 2.24) is 15.6 Å². The van der Waals surface area contributed by atoms with Crippen LogP contribution in [0.4, 0.5) is 4.39 Å². The number of methoxy groups -OCH3 is 1. The van der Waals surface area contributed by atoms with Crippen LogP contribution in [0.5, 0.6) is 5.75 Å². The van der Waals surface area contributed by atoms with E-state index in [1.807, 2.05) is 6.92 Å². The lowest BCUT2D eigenvalue weighted by atomic mass is 9.85. The molecule has 1 aliphatic rings. The summed E-state index contributed by atoms with van der Waals surface area (Å²) in [7, 11) is 1.51. The standard InChI is InChI=1S/C22H26FN3O3/c1-14-11-18(20(29-2)13-24-14)22(28)26-17-9-7-15(8-10-17)21(27)25-12-16-5-3-4-6-19(16)23/h3-6,11,13,15,17H,7-10,12H2,1-2H3,(H,25,27)(H,26,28). The van der Waals surface area contributed by atoms with Crippen molar-refractivity contribution in [2.75, 3.05) is 7.11 Å². The van der Waals surface area contributed by atoms with Crippen LogP contribution in [-0.4, -0.2) is 29.9 Å². The molecule has 3 rings (SSSR count). The van der Waals surface area contributed by atoms with Crippen molar-refractivity contribution in [1.29, 1.82) is 0 Å². The van der Waals surface area contributed by atoms with Gasteiger partial charge >= 0.3 is 0 Å². The highest BCUT2D eigenvalue weighted by Gasteiger charge is 2.28. The van der Waals surface area contributed by atoms with Crippen molar-refractivity contribution in [3.8, 4) is 5.75 Å². The van der Waals surface area contributed by atoms with Gasteiger partial charge < -0.3 is 15.4 Å². The van der Waals surface area contributed by atoms with Gasteiger partial charge in [0, 0.05) is 29.8 Å². The Hall–Kier alpha value is -2.96.